The summed E-state index contributed by atoms with van der Waals surface area (Å²) in [5.41, 5.74) is 6.48. The van der Waals surface area contributed by atoms with Crippen molar-refractivity contribution in [3.8, 4) is 6.07 Å². The number of likely N-dealkylation sites (N-methyl/N-ethyl adjacent to an activating group) is 1. The Morgan fingerprint density at radius 3 is 2.72 bits per heavy atom. The molecule has 0 aromatic carbocycles. The average molecular weight is 247 g/mol. The standard InChI is InChI=1S/C12H17N5O/c1-3-17(4-2)11(18)8-16-12-10(14)5-9(6-13)7-15-12/h5,7H,3-4,8,14H2,1-2H3,(H,15,16). The molecule has 18 heavy (non-hydrogen) atoms. The third kappa shape index (κ3) is 3.35. The summed E-state index contributed by atoms with van der Waals surface area (Å²) < 4.78 is 0. The van der Waals surface area contributed by atoms with Gasteiger partial charge in [-0.2, -0.15) is 5.26 Å². The molecule has 0 bridgehead atoms. The molecule has 0 unspecified atom stereocenters. The average Bonchev–Trinajstić information content (AvgIpc) is 2.38. The lowest BCUT2D eigenvalue weighted by Gasteiger charge is -2.19. The number of rotatable bonds is 5. The minimum atomic E-state index is -0.00874. The fourth-order valence-electron chi connectivity index (χ4n) is 1.54. The molecule has 1 rings (SSSR count). The molecule has 3 N–H and O–H groups in total. The summed E-state index contributed by atoms with van der Waals surface area (Å²) in [6.07, 6.45) is 1.42. The molecule has 0 atom stereocenters. The van der Waals surface area contributed by atoms with Crippen LogP contribution in [0.3, 0.4) is 0 Å². The molecule has 0 aliphatic rings. The van der Waals surface area contributed by atoms with E-state index >= 15 is 0 Å². The van der Waals surface area contributed by atoms with Crippen molar-refractivity contribution in [3.63, 3.8) is 0 Å². The smallest absolute Gasteiger partial charge is 0.241 e. The maximum Gasteiger partial charge on any atom is 0.241 e. The van der Waals surface area contributed by atoms with Crippen molar-refractivity contribution in [1.82, 2.24) is 9.88 Å². The number of nitrogens with zero attached hydrogens (tertiary/aromatic N) is 3. The van der Waals surface area contributed by atoms with Crippen LogP contribution < -0.4 is 11.1 Å². The van der Waals surface area contributed by atoms with Gasteiger partial charge in [0, 0.05) is 19.3 Å². The first kappa shape index (κ1) is 13.8. The normalized spacial score (nSPS) is 9.61. The van der Waals surface area contributed by atoms with E-state index in [0.29, 0.717) is 30.2 Å². The SMILES string of the molecule is CCN(CC)C(=O)CNc1ncc(C#N)cc1N. The number of pyridine rings is 1. The van der Waals surface area contributed by atoms with Gasteiger partial charge in [-0.15, -0.1) is 0 Å². The summed E-state index contributed by atoms with van der Waals surface area (Å²) in [6.45, 7) is 5.34. The van der Waals surface area contributed by atoms with Crippen LogP contribution in [0.1, 0.15) is 19.4 Å². The van der Waals surface area contributed by atoms with Gasteiger partial charge in [-0.1, -0.05) is 0 Å². The van der Waals surface area contributed by atoms with Gasteiger partial charge in [0.15, 0.2) is 0 Å². The quantitative estimate of drug-likeness (QED) is 0.803. The molecule has 0 saturated carbocycles. The lowest BCUT2D eigenvalue weighted by molar-refractivity contribution is -0.128. The Bertz CT molecular complexity index is 462. The van der Waals surface area contributed by atoms with Crippen molar-refractivity contribution in [2.75, 3.05) is 30.7 Å². The number of carbonyl (C=O) groups is 1. The third-order valence-corrected chi connectivity index (χ3v) is 2.57. The van der Waals surface area contributed by atoms with E-state index in [1.54, 1.807) is 4.90 Å². The molecular formula is C12H17N5O. The van der Waals surface area contributed by atoms with Gasteiger partial charge >= 0.3 is 0 Å². The summed E-state index contributed by atoms with van der Waals surface area (Å²) in [4.78, 5) is 17.5. The van der Waals surface area contributed by atoms with Gasteiger partial charge in [-0.05, 0) is 19.9 Å². The van der Waals surface area contributed by atoms with Crippen LogP contribution in [-0.2, 0) is 4.79 Å². The van der Waals surface area contributed by atoms with Gasteiger partial charge in [-0.25, -0.2) is 4.98 Å². The van der Waals surface area contributed by atoms with E-state index in [0.717, 1.165) is 0 Å². The molecule has 0 saturated heterocycles. The van der Waals surface area contributed by atoms with Crippen molar-refractivity contribution in [1.29, 1.82) is 5.26 Å². The molecule has 0 fully saturated rings. The molecule has 0 aliphatic carbocycles. The third-order valence-electron chi connectivity index (χ3n) is 2.57. The Kier molecular flexibility index (Phi) is 4.93. The molecule has 1 aromatic rings. The highest BCUT2D eigenvalue weighted by Gasteiger charge is 2.10. The molecule has 1 amide bonds. The summed E-state index contributed by atoms with van der Waals surface area (Å²) >= 11 is 0. The lowest BCUT2D eigenvalue weighted by Crippen LogP contribution is -2.35. The van der Waals surface area contributed by atoms with E-state index in [1.807, 2.05) is 19.9 Å². The van der Waals surface area contributed by atoms with Crippen molar-refractivity contribution in [3.05, 3.63) is 17.8 Å². The van der Waals surface area contributed by atoms with Crippen LogP contribution in [-0.4, -0.2) is 35.4 Å². The molecular weight excluding hydrogens is 230 g/mol. The summed E-state index contributed by atoms with van der Waals surface area (Å²) in [6, 6.07) is 3.48. The Morgan fingerprint density at radius 2 is 2.22 bits per heavy atom. The van der Waals surface area contributed by atoms with E-state index in [-0.39, 0.29) is 12.5 Å². The summed E-state index contributed by atoms with van der Waals surface area (Å²) in [7, 11) is 0. The van der Waals surface area contributed by atoms with Crippen LogP contribution in [0.5, 0.6) is 0 Å². The van der Waals surface area contributed by atoms with E-state index in [9.17, 15) is 4.79 Å². The van der Waals surface area contributed by atoms with E-state index < -0.39 is 0 Å². The van der Waals surface area contributed by atoms with Gasteiger partial charge in [-0.3, -0.25) is 4.79 Å². The second-order valence-corrected chi connectivity index (χ2v) is 3.69. The van der Waals surface area contributed by atoms with Crippen LogP contribution in [0.2, 0.25) is 0 Å². The first-order valence-electron chi connectivity index (χ1n) is 5.79. The van der Waals surface area contributed by atoms with Gasteiger partial charge in [0.05, 0.1) is 17.8 Å². The van der Waals surface area contributed by atoms with Crippen molar-refractivity contribution >= 4 is 17.4 Å². The number of nitrogen functional groups attached to an aromatic ring is 1. The molecule has 96 valence electrons. The van der Waals surface area contributed by atoms with E-state index in [4.69, 9.17) is 11.0 Å². The second-order valence-electron chi connectivity index (χ2n) is 3.69. The number of nitriles is 1. The number of amides is 1. The molecule has 0 radical (unpaired) electrons. The number of hydrogen-bond donors (Lipinski definition) is 2. The monoisotopic (exact) mass is 247 g/mol. The van der Waals surface area contributed by atoms with Crippen LogP contribution in [0.4, 0.5) is 11.5 Å². The molecule has 1 heterocycles. The minimum absolute atomic E-state index is 0.00874. The Balaban J connectivity index is 2.64. The largest absolute Gasteiger partial charge is 0.396 e. The maximum absolute atomic E-state index is 11.8. The zero-order chi connectivity index (χ0) is 13.5. The first-order chi connectivity index (χ1) is 8.62. The number of anilines is 2. The Hall–Kier alpha value is -2.29. The zero-order valence-corrected chi connectivity index (χ0v) is 10.6. The number of hydrogen-bond acceptors (Lipinski definition) is 5. The van der Waals surface area contributed by atoms with Gasteiger partial charge in [0.1, 0.15) is 11.9 Å². The summed E-state index contributed by atoms with van der Waals surface area (Å²) in [5, 5.41) is 11.6. The van der Waals surface area contributed by atoms with E-state index in [1.165, 1.54) is 12.3 Å². The lowest BCUT2D eigenvalue weighted by atomic mass is 10.3. The molecule has 6 heteroatoms. The molecule has 1 aromatic heterocycles. The van der Waals surface area contributed by atoms with E-state index in [2.05, 4.69) is 10.3 Å². The first-order valence-corrected chi connectivity index (χ1v) is 5.79. The Labute approximate surface area is 106 Å². The van der Waals surface area contributed by atoms with Crippen LogP contribution in [0.15, 0.2) is 12.3 Å². The number of nitrogens with one attached hydrogen (secondary N) is 1. The fraction of sp³-hybridized carbons (Fsp3) is 0.417. The summed E-state index contributed by atoms with van der Waals surface area (Å²) in [5.74, 6) is 0.417. The van der Waals surface area contributed by atoms with Crippen LogP contribution >= 0.6 is 0 Å². The number of carbonyl (C=O) groups excluding carboxylic acids is 1. The predicted molar refractivity (Wildman–Crippen MR) is 69.8 cm³/mol. The molecule has 6 nitrogen and oxygen atoms in total. The van der Waals surface area contributed by atoms with Crippen molar-refractivity contribution < 1.29 is 4.79 Å². The highest BCUT2D eigenvalue weighted by Crippen LogP contribution is 2.15. The maximum atomic E-state index is 11.8. The van der Waals surface area contributed by atoms with Crippen LogP contribution in [0, 0.1) is 11.3 Å². The number of aromatic nitrogens is 1. The van der Waals surface area contributed by atoms with Gasteiger partial charge in [0.2, 0.25) is 5.91 Å². The highest BCUT2D eigenvalue weighted by molar-refractivity contribution is 5.81. The topological polar surface area (TPSA) is 95.0 Å². The van der Waals surface area contributed by atoms with Crippen molar-refractivity contribution in [2.24, 2.45) is 0 Å². The Morgan fingerprint density at radius 1 is 1.56 bits per heavy atom. The van der Waals surface area contributed by atoms with Crippen LogP contribution in [0.25, 0.3) is 0 Å². The van der Waals surface area contributed by atoms with Gasteiger partial charge in [0.25, 0.3) is 0 Å². The molecule has 0 spiro atoms. The fourth-order valence-corrected chi connectivity index (χ4v) is 1.54. The number of nitrogens with two attached hydrogens (primary N) is 1. The highest BCUT2D eigenvalue weighted by atomic mass is 16.2. The second kappa shape index (κ2) is 6.45. The minimum Gasteiger partial charge on any atom is -0.396 e. The zero-order valence-electron chi connectivity index (χ0n) is 10.6. The van der Waals surface area contributed by atoms with Gasteiger partial charge < -0.3 is 16.0 Å². The van der Waals surface area contributed by atoms with Crippen molar-refractivity contribution in [2.45, 2.75) is 13.8 Å². The molecule has 0 aliphatic heterocycles. The predicted octanol–water partition coefficient (Wildman–Crippen LogP) is 0.816.